The Morgan fingerprint density at radius 3 is 1.81 bits per heavy atom. The molecule has 0 saturated carbocycles. The zero-order valence-corrected chi connectivity index (χ0v) is 23.4. The molecule has 43 heavy (non-hydrogen) atoms. The van der Waals surface area contributed by atoms with Gasteiger partial charge >= 0.3 is 0 Å². The average molecular weight is 547 g/mol. The smallest absolute Gasteiger partial charge is 0.138 e. The summed E-state index contributed by atoms with van der Waals surface area (Å²) in [5, 5.41) is 10.1. The van der Waals surface area contributed by atoms with Crippen LogP contribution in [0.5, 0.6) is 0 Å². The van der Waals surface area contributed by atoms with Gasteiger partial charge in [0.05, 0.1) is 16.7 Å². The number of benzene rings is 7. The van der Waals surface area contributed by atoms with Crippen LogP contribution in [0.1, 0.15) is 0 Å². The van der Waals surface area contributed by atoms with Gasteiger partial charge in [-0.05, 0) is 50.9 Å². The Labute approximate surface area is 249 Å². The third-order valence-electron chi connectivity index (χ3n) is 8.74. The first-order chi connectivity index (χ1) is 21.3. The van der Waals surface area contributed by atoms with Gasteiger partial charge in [0.25, 0.3) is 0 Å². The zero-order chi connectivity index (χ0) is 28.3. The van der Waals surface area contributed by atoms with Crippen LogP contribution >= 0.6 is 0 Å². The van der Waals surface area contributed by atoms with Crippen LogP contribution in [0, 0.1) is 0 Å². The van der Waals surface area contributed by atoms with Crippen molar-refractivity contribution in [2.75, 3.05) is 0 Å². The van der Waals surface area contributed by atoms with Crippen LogP contribution < -0.4 is 0 Å². The van der Waals surface area contributed by atoms with Gasteiger partial charge in [-0.15, -0.1) is 0 Å². The van der Waals surface area contributed by atoms with E-state index in [9.17, 15) is 0 Å². The first-order valence-electron chi connectivity index (χ1n) is 14.7. The van der Waals surface area contributed by atoms with Crippen LogP contribution in [0.25, 0.3) is 82.3 Å². The largest absolute Gasteiger partial charge is 0.293 e. The molecule has 0 spiro atoms. The van der Waals surface area contributed by atoms with Gasteiger partial charge in [0.2, 0.25) is 0 Å². The second-order valence-corrected chi connectivity index (χ2v) is 11.2. The van der Waals surface area contributed by atoms with E-state index in [0.29, 0.717) is 0 Å². The number of hydrogen-bond donors (Lipinski definition) is 0. The molecule has 2 heterocycles. The fourth-order valence-corrected chi connectivity index (χ4v) is 6.86. The van der Waals surface area contributed by atoms with Crippen molar-refractivity contribution in [1.29, 1.82) is 0 Å². The molecule has 0 atom stereocenters. The van der Waals surface area contributed by atoms with E-state index in [0.717, 1.165) is 28.2 Å². The van der Waals surface area contributed by atoms with E-state index in [1.807, 2.05) is 0 Å². The number of hydrogen-bond acceptors (Lipinski definition) is 1. The van der Waals surface area contributed by atoms with Crippen molar-refractivity contribution in [3.8, 4) is 28.2 Å². The predicted molar refractivity (Wildman–Crippen MR) is 182 cm³/mol. The van der Waals surface area contributed by atoms with Gasteiger partial charge in [-0.2, -0.15) is 0 Å². The minimum atomic E-state index is 0.913. The molecule has 0 aliphatic carbocycles. The first kappa shape index (κ1) is 23.9. The molecule has 9 rings (SSSR count). The van der Waals surface area contributed by atoms with Crippen LogP contribution in [-0.4, -0.2) is 9.55 Å². The van der Waals surface area contributed by atoms with E-state index >= 15 is 0 Å². The number of nitrogens with zero attached hydrogens (tertiary/aromatic N) is 2. The Morgan fingerprint density at radius 2 is 1.02 bits per heavy atom. The van der Waals surface area contributed by atoms with Crippen LogP contribution in [0.2, 0.25) is 0 Å². The topological polar surface area (TPSA) is 17.8 Å². The van der Waals surface area contributed by atoms with Crippen molar-refractivity contribution in [1.82, 2.24) is 9.55 Å². The Morgan fingerprint density at radius 1 is 0.395 bits per heavy atom. The quantitative estimate of drug-likeness (QED) is 0.202. The van der Waals surface area contributed by atoms with Gasteiger partial charge in [-0.1, -0.05) is 140 Å². The number of para-hydroxylation sites is 1. The molecular weight excluding hydrogens is 520 g/mol. The molecule has 2 heteroatoms. The molecule has 0 saturated heterocycles. The summed E-state index contributed by atoms with van der Waals surface area (Å²) in [5.74, 6) is 0.913. The number of aromatic nitrogens is 2. The standard InChI is InChI=1S/C41H26N2/c1-3-13-27(14-4-1)30-25-36(29-16-5-2-6-17-29)42-38(26-30)43-37-22-12-11-21-35(37)40-39-31-18-8-7-15-28(31)23-24-33(39)32-19-9-10-20-34(32)41(40)43/h1-26H. The van der Waals surface area contributed by atoms with Crippen LogP contribution in [0.3, 0.4) is 0 Å². The highest BCUT2D eigenvalue weighted by atomic mass is 15.1. The maximum absolute atomic E-state index is 5.38. The Kier molecular flexibility index (Phi) is 5.23. The summed E-state index contributed by atoms with van der Waals surface area (Å²) < 4.78 is 2.40. The number of rotatable bonds is 3. The minimum Gasteiger partial charge on any atom is -0.293 e. The summed E-state index contributed by atoms with van der Waals surface area (Å²) in [4.78, 5) is 5.38. The summed E-state index contributed by atoms with van der Waals surface area (Å²) in [7, 11) is 0. The SMILES string of the molecule is c1ccc(-c2cc(-c3ccccc3)nc(-n3c4ccccc4c4c5c6ccccc6ccc5c5ccccc5c43)c2)cc1. The van der Waals surface area contributed by atoms with Crippen molar-refractivity contribution in [3.05, 3.63) is 158 Å². The summed E-state index contributed by atoms with van der Waals surface area (Å²) in [6.45, 7) is 0. The molecule has 200 valence electrons. The predicted octanol–water partition coefficient (Wildman–Crippen LogP) is 11.0. The summed E-state index contributed by atoms with van der Waals surface area (Å²) in [6.07, 6.45) is 0. The Balaban J connectivity index is 1.51. The summed E-state index contributed by atoms with van der Waals surface area (Å²) in [6, 6.07) is 56.5. The molecule has 2 nitrogen and oxygen atoms in total. The lowest BCUT2D eigenvalue weighted by Gasteiger charge is -2.15. The third kappa shape index (κ3) is 3.63. The van der Waals surface area contributed by atoms with E-state index < -0.39 is 0 Å². The van der Waals surface area contributed by atoms with Crippen molar-refractivity contribution >= 4 is 54.1 Å². The second kappa shape index (κ2) is 9.40. The highest BCUT2D eigenvalue weighted by Gasteiger charge is 2.21. The van der Waals surface area contributed by atoms with Gasteiger partial charge in [-0.3, -0.25) is 4.57 Å². The monoisotopic (exact) mass is 546 g/mol. The molecule has 0 fully saturated rings. The molecule has 0 N–H and O–H groups in total. The lowest BCUT2D eigenvalue weighted by molar-refractivity contribution is 1.09. The van der Waals surface area contributed by atoms with Gasteiger partial charge in [0, 0.05) is 27.1 Å². The van der Waals surface area contributed by atoms with E-state index in [1.54, 1.807) is 0 Å². The van der Waals surface area contributed by atoms with E-state index in [2.05, 4.69) is 162 Å². The maximum Gasteiger partial charge on any atom is 0.138 e. The number of pyridine rings is 1. The van der Waals surface area contributed by atoms with Crippen LogP contribution in [0.4, 0.5) is 0 Å². The highest BCUT2D eigenvalue weighted by molar-refractivity contribution is 6.36. The second-order valence-electron chi connectivity index (χ2n) is 11.2. The number of fused-ring (bicyclic) bond motifs is 10. The van der Waals surface area contributed by atoms with Crippen molar-refractivity contribution < 1.29 is 0 Å². The normalized spacial score (nSPS) is 11.7. The molecule has 0 radical (unpaired) electrons. The zero-order valence-electron chi connectivity index (χ0n) is 23.4. The summed E-state index contributed by atoms with van der Waals surface area (Å²) >= 11 is 0. The fourth-order valence-electron chi connectivity index (χ4n) is 6.86. The average Bonchev–Trinajstić information content (AvgIpc) is 3.44. The molecule has 0 amide bonds. The third-order valence-corrected chi connectivity index (χ3v) is 8.74. The summed E-state index contributed by atoms with van der Waals surface area (Å²) in [5.41, 5.74) is 6.72. The van der Waals surface area contributed by atoms with E-state index in [1.165, 1.54) is 54.2 Å². The van der Waals surface area contributed by atoms with Crippen LogP contribution in [0.15, 0.2) is 158 Å². The van der Waals surface area contributed by atoms with Gasteiger partial charge in [0.15, 0.2) is 0 Å². The van der Waals surface area contributed by atoms with Crippen molar-refractivity contribution in [2.45, 2.75) is 0 Å². The molecule has 7 aromatic carbocycles. The van der Waals surface area contributed by atoms with Gasteiger partial charge < -0.3 is 0 Å². The lowest BCUT2D eigenvalue weighted by atomic mass is 9.93. The molecule has 0 bridgehead atoms. The first-order valence-corrected chi connectivity index (χ1v) is 14.7. The Hall–Kier alpha value is -5.73. The molecule has 0 unspecified atom stereocenters. The van der Waals surface area contributed by atoms with Crippen LogP contribution in [-0.2, 0) is 0 Å². The van der Waals surface area contributed by atoms with Gasteiger partial charge in [-0.25, -0.2) is 4.98 Å². The highest BCUT2D eigenvalue weighted by Crippen LogP contribution is 2.44. The lowest BCUT2D eigenvalue weighted by Crippen LogP contribution is -2.00. The fraction of sp³-hybridized carbons (Fsp3) is 0. The Bertz CT molecular complexity index is 2430. The van der Waals surface area contributed by atoms with E-state index in [-0.39, 0.29) is 0 Å². The van der Waals surface area contributed by atoms with Gasteiger partial charge in [0.1, 0.15) is 5.82 Å². The minimum absolute atomic E-state index is 0.913. The van der Waals surface area contributed by atoms with Crippen molar-refractivity contribution in [3.63, 3.8) is 0 Å². The van der Waals surface area contributed by atoms with Crippen molar-refractivity contribution in [2.24, 2.45) is 0 Å². The molecule has 9 aromatic rings. The molecule has 2 aromatic heterocycles. The molecular formula is C41H26N2. The molecule has 0 aliphatic rings. The van der Waals surface area contributed by atoms with E-state index in [4.69, 9.17) is 4.98 Å². The maximum atomic E-state index is 5.38. The molecule has 0 aliphatic heterocycles.